The molecule has 0 unspecified atom stereocenters. The SMILES string of the molecule is NC(=O)c1ccsc1NC(=O)[C@H](N)Cc1ccc(O)cc1. The van der Waals surface area contributed by atoms with E-state index in [4.69, 9.17) is 11.5 Å². The lowest BCUT2D eigenvalue weighted by atomic mass is 10.1. The van der Waals surface area contributed by atoms with E-state index in [9.17, 15) is 14.7 Å². The molecule has 1 heterocycles. The van der Waals surface area contributed by atoms with E-state index >= 15 is 0 Å². The molecular weight excluding hydrogens is 290 g/mol. The van der Waals surface area contributed by atoms with Gasteiger partial charge in [0.2, 0.25) is 5.91 Å². The van der Waals surface area contributed by atoms with Gasteiger partial charge in [-0.3, -0.25) is 9.59 Å². The van der Waals surface area contributed by atoms with Gasteiger partial charge in [0.25, 0.3) is 5.91 Å². The van der Waals surface area contributed by atoms with Crippen molar-refractivity contribution in [3.05, 3.63) is 46.8 Å². The minimum atomic E-state index is -0.766. The zero-order chi connectivity index (χ0) is 15.4. The molecule has 6 N–H and O–H groups in total. The van der Waals surface area contributed by atoms with Crippen LogP contribution < -0.4 is 16.8 Å². The third kappa shape index (κ3) is 3.80. The summed E-state index contributed by atoms with van der Waals surface area (Å²) in [6, 6.07) is 7.24. The van der Waals surface area contributed by atoms with Crippen LogP contribution in [0.3, 0.4) is 0 Å². The number of benzene rings is 1. The molecule has 0 saturated carbocycles. The average Bonchev–Trinajstić information content (AvgIpc) is 2.89. The van der Waals surface area contributed by atoms with E-state index in [1.807, 2.05) is 0 Å². The highest BCUT2D eigenvalue weighted by Gasteiger charge is 2.18. The van der Waals surface area contributed by atoms with Gasteiger partial charge in [-0.2, -0.15) is 0 Å². The molecule has 0 bridgehead atoms. The molecule has 0 aliphatic carbocycles. The van der Waals surface area contributed by atoms with Crippen LogP contribution in [0.2, 0.25) is 0 Å². The molecule has 110 valence electrons. The fourth-order valence-corrected chi connectivity index (χ4v) is 2.58. The molecular formula is C14H15N3O3S. The van der Waals surface area contributed by atoms with Gasteiger partial charge in [0.1, 0.15) is 10.8 Å². The summed E-state index contributed by atoms with van der Waals surface area (Å²) in [5.41, 5.74) is 12.2. The molecule has 0 aliphatic heterocycles. The lowest BCUT2D eigenvalue weighted by molar-refractivity contribution is -0.117. The first-order valence-electron chi connectivity index (χ1n) is 6.19. The molecule has 1 aromatic carbocycles. The van der Waals surface area contributed by atoms with Crippen LogP contribution in [0.15, 0.2) is 35.7 Å². The number of hydrogen-bond donors (Lipinski definition) is 4. The smallest absolute Gasteiger partial charge is 0.251 e. The van der Waals surface area contributed by atoms with E-state index in [0.29, 0.717) is 11.4 Å². The Balaban J connectivity index is 2.01. The number of anilines is 1. The Labute approximate surface area is 125 Å². The van der Waals surface area contributed by atoms with Crippen LogP contribution in [0.25, 0.3) is 0 Å². The molecule has 7 heteroatoms. The first-order chi connectivity index (χ1) is 9.97. The molecule has 0 saturated heterocycles. The Morgan fingerprint density at radius 3 is 2.52 bits per heavy atom. The van der Waals surface area contributed by atoms with Crippen molar-refractivity contribution in [2.24, 2.45) is 11.5 Å². The predicted molar refractivity (Wildman–Crippen MR) is 81.3 cm³/mol. The molecule has 2 rings (SSSR count). The highest BCUT2D eigenvalue weighted by atomic mass is 32.1. The lowest BCUT2D eigenvalue weighted by Crippen LogP contribution is -2.37. The van der Waals surface area contributed by atoms with Crippen molar-refractivity contribution in [1.29, 1.82) is 0 Å². The summed E-state index contributed by atoms with van der Waals surface area (Å²) in [7, 11) is 0. The Morgan fingerprint density at radius 2 is 1.90 bits per heavy atom. The highest BCUT2D eigenvalue weighted by Crippen LogP contribution is 2.23. The summed E-state index contributed by atoms with van der Waals surface area (Å²) in [6.45, 7) is 0. The minimum absolute atomic E-state index is 0.154. The van der Waals surface area contributed by atoms with Crippen molar-refractivity contribution < 1.29 is 14.7 Å². The molecule has 2 aromatic rings. The van der Waals surface area contributed by atoms with Gasteiger partial charge in [-0.1, -0.05) is 12.1 Å². The molecule has 1 atom stereocenters. The number of carbonyl (C=O) groups is 2. The van der Waals surface area contributed by atoms with Crippen LogP contribution in [0.1, 0.15) is 15.9 Å². The lowest BCUT2D eigenvalue weighted by Gasteiger charge is -2.12. The number of hydrogen-bond acceptors (Lipinski definition) is 5. The Hall–Kier alpha value is -2.38. The maximum absolute atomic E-state index is 12.0. The van der Waals surface area contributed by atoms with E-state index in [-0.39, 0.29) is 11.3 Å². The molecule has 0 radical (unpaired) electrons. The number of amides is 2. The molecule has 21 heavy (non-hydrogen) atoms. The van der Waals surface area contributed by atoms with E-state index < -0.39 is 17.9 Å². The van der Waals surface area contributed by atoms with Crippen molar-refractivity contribution in [3.8, 4) is 5.75 Å². The van der Waals surface area contributed by atoms with Crippen molar-refractivity contribution in [3.63, 3.8) is 0 Å². The van der Waals surface area contributed by atoms with Crippen LogP contribution in [0.4, 0.5) is 5.00 Å². The van der Waals surface area contributed by atoms with E-state index in [0.717, 1.165) is 5.56 Å². The van der Waals surface area contributed by atoms with Gasteiger partial charge in [0.15, 0.2) is 0 Å². The fraction of sp³-hybridized carbons (Fsp3) is 0.143. The van der Waals surface area contributed by atoms with Gasteiger partial charge in [-0.05, 0) is 35.6 Å². The number of phenolic OH excluding ortho intramolecular Hbond substituents is 1. The summed E-state index contributed by atoms with van der Waals surface area (Å²) in [4.78, 5) is 23.2. The largest absolute Gasteiger partial charge is 0.508 e. The Bertz CT molecular complexity index is 652. The third-order valence-corrected chi connectivity index (χ3v) is 3.73. The van der Waals surface area contributed by atoms with Crippen molar-refractivity contribution in [2.45, 2.75) is 12.5 Å². The van der Waals surface area contributed by atoms with Crippen LogP contribution in [-0.2, 0) is 11.2 Å². The normalized spacial score (nSPS) is 11.9. The number of nitrogens with two attached hydrogens (primary N) is 2. The maximum Gasteiger partial charge on any atom is 0.251 e. The second-order valence-electron chi connectivity index (χ2n) is 4.49. The van der Waals surface area contributed by atoms with Crippen LogP contribution in [-0.4, -0.2) is 23.0 Å². The van der Waals surface area contributed by atoms with E-state index in [2.05, 4.69) is 5.32 Å². The second-order valence-corrected chi connectivity index (χ2v) is 5.41. The molecule has 2 amide bonds. The van der Waals surface area contributed by atoms with Crippen LogP contribution in [0.5, 0.6) is 5.75 Å². The van der Waals surface area contributed by atoms with Gasteiger partial charge in [0, 0.05) is 0 Å². The predicted octanol–water partition coefficient (Wildman–Crippen LogP) is 1.06. The topological polar surface area (TPSA) is 118 Å². The van der Waals surface area contributed by atoms with E-state index in [1.165, 1.54) is 23.5 Å². The van der Waals surface area contributed by atoms with Gasteiger partial charge >= 0.3 is 0 Å². The van der Waals surface area contributed by atoms with Gasteiger partial charge < -0.3 is 21.9 Å². The van der Waals surface area contributed by atoms with Crippen molar-refractivity contribution in [1.82, 2.24) is 0 Å². The first-order valence-corrected chi connectivity index (χ1v) is 7.07. The quantitative estimate of drug-likeness (QED) is 0.660. The third-order valence-electron chi connectivity index (χ3n) is 2.90. The van der Waals surface area contributed by atoms with Crippen LogP contribution >= 0.6 is 11.3 Å². The number of phenols is 1. The summed E-state index contributed by atoms with van der Waals surface area (Å²) >= 11 is 1.21. The fourth-order valence-electron chi connectivity index (χ4n) is 1.78. The molecule has 0 fully saturated rings. The van der Waals surface area contributed by atoms with Gasteiger partial charge in [-0.15, -0.1) is 11.3 Å². The first kappa shape index (κ1) is 15.0. The number of nitrogens with one attached hydrogen (secondary N) is 1. The second kappa shape index (κ2) is 6.38. The number of rotatable bonds is 5. The number of carbonyl (C=O) groups excluding carboxylic acids is 2. The average molecular weight is 305 g/mol. The zero-order valence-electron chi connectivity index (χ0n) is 11.1. The maximum atomic E-state index is 12.0. The summed E-state index contributed by atoms with van der Waals surface area (Å²) in [6.07, 6.45) is 0.323. The number of thiophene rings is 1. The molecule has 1 aromatic heterocycles. The van der Waals surface area contributed by atoms with Crippen molar-refractivity contribution >= 4 is 28.2 Å². The minimum Gasteiger partial charge on any atom is -0.508 e. The summed E-state index contributed by atoms with van der Waals surface area (Å²) in [5, 5.41) is 13.9. The summed E-state index contributed by atoms with van der Waals surface area (Å²) in [5.74, 6) is -0.840. The van der Waals surface area contributed by atoms with Crippen molar-refractivity contribution in [2.75, 3.05) is 5.32 Å². The molecule has 6 nitrogen and oxygen atoms in total. The zero-order valence-corrected chi connectivity index (χ0v) is 11.9. The van der Waals surface area contributed by atoms with E-state index in [1.54, 1.807) is 23.6 Å². The number of aromatic hydroxyl groups is 1. The standard InChI is InChI=1S/C14H15N3O3S/c15-11(7-8-1-3-9(18)4-2-8)13(20)17-14-10(12(16)19)5-6-21-14/h1-6,11,18H,7,15H2,(H2,16,19)(H,17,20)/t11-/m1/s1. The Morgan fingerprint density at radius 1 is 1.24 bits per heavy atom. The molecule has 0 aliphatic rings. The Kier molecular flexibility index (Phi) is 4.56. The van der Waals surface area contributed by atoms with Gasteiger partial charge in [-0.25, -0.2) is 0 Å². The van der Waals surface area contributed by atoms with Crippen LogP contribution in [0, 0.1) is 0 Å². The number of primary amides is 1. The summed E-state index contributed by atoms with van der Waals surface area (Å²) < 4.78 is 0. The highest BCUT2D eigenvalue weighted by molar-refractivity contribution is 7.14. The van der Waals surface area contributed by atoms with Gasteiger partial charge in [0.05, 0.1) is 11.6 Å². The monoisotopic (exact) mass is 305 g/mol. The molecule has 0 spiro atoms.